The van der Waals surface area contributed by atoms with Crippen molar-refractivity contribution >= 4 is 34.9 Å². The highest BCUT2D eigenvalue weighted by atomic mass is 35.5. The van der Waals surface area contributed by atoms with Crippen molar-refractivity contribution < 1.29 is 14.3 Å². The lowest BCUT2D eigenvalue weighted by Crippen LogP contribution is -2.17. The minimum atomic E-state index is -0.206. The fraction of sp³-hybridized carbons (Fsp3) is 0.200. The molecule has 22 heavy (non-hydrogen) atoms. The Morgan fingerprint density at radius 3 is 2.82 bits per heavy atom. The number of aromatic nitrogens is 1. The number of hydrogen-bond donors (Lipinski definition) is 1. The van der Waals surface area contributed by atoms with Crippen molar-refractivity contribution in [3.63, 3.8) is 0 Å². The fourth-order valence-electron chi connectivity index (χ4n) is 2.09. The lowest BCUT2D eigenvalue weighted by Gasteiger charge is -2.20. The number of fused-ring (bicyclic) bond motifs is 1. The lowest BCUT2D eigenvalue weighted by molar-refractivity contribution is -0.115. The van der Waals surface area contributed by atoms with E-state index in [9.17, 15) is 4.79 Å². The molecule has 0 bridgehead atoms. The zero-order chi connectivity index (χ0) is 15.5. The van der Waals surface area contributed by atoms with Crippen molar-refractivity contribution in [1.82, 2.24) is 4.98 Å². The summed E-state index contributed by atoms with van der Waals surface area (Å²) < 4.78 is 10.9. The number of pyridine rings is 1. The molecule has 5 nitrogen and oxygen atoms in total. The molecule has 0 radical (unpaired) electrons. The standard InChI is InChI=1S/C15H12Cl2N2O3/c16-10-1-2-13(18-8-10)19-14(20)7-9-5-11(17)15-12(6-9)21-3-4-22-15/h1-2,5-6,8H,3-4,7H2,(H,18,19,20). The van der Waals surface area contributed by atoms with Crippen LogP contribution < -0.4 is 14.8 Å². The SMILES string of the molecule is O=C(Cc1cc(Cl)c2c(c1)OCCO2)Nc1ccc(Cl)cn1. The van der Waals surface area contributed by atoms with Crippen molar-refractivity contribution in [3.8, 4) is 11.5 Å². The van der Waals surface area contributed by atoms with Gasteiger partial charge in [0.1, 0.15) is 19.0 Å². The molecule has 0 saturated heterocycles. The van der Waals surface area contributed by atoms with Crippen LogP contribution in [0.2, 0.25) is 10.0 Å². The first-order chi connectivity index (χ1) is 10.6. The number of rotatable bonds is 3. The smallest absolute Gasteiger partial charge is 0.229 e. The highest BCUT2D eigenvalue weighted by Crippen LogP contribution is 2.38. The van der Waals surface area contributed by atoms with Gasteiger partial charge in [-0.1, -0.05) is 23.2 Å². The van der Waals surface area contributed by atoms with Gasteiger partial charge in [-0.15, -0.1) is 0 Å². The van der Waals surface area contributed by atoms with Gasteiger partial charge in [0.15, 0.2) is 11.5 Å². The van der Waals surface area contributed by atoms with Gasteiger partial charge in [-0.2, -0.15) is 0 Å². The van der Waals surface area contributed by atoms with E-state index in [1.165, 1.54) is 6.20 Å². The molecule has 1 amide bonds. The van der Waals surface area contributed by atoms with E-state index in [-0.39, 0.29) is 12.3 Å². The third-order valence-electron chi connectivity index (χ3n) is 3.02. The summed E-state index contributed by atoms with van der Waals surface area (Å²) in [6, 6.07) is 6.75. The van der Waals surface area contributed by atoms with Gasteiger partial charge in [-0.3, -0.25) is 4.79 Å². The minimum Gasteiger partial charge on any atom is -0.486 e. The molecule has 0 unspecified atom stereocenters. The van der Waals surface area contributed by atoms with E-state index in [1.54, 1.807) is 24.3 Å². The lowest BCUT2D eigenvalue weighted by atomic mass is 10.1. The quantitative estimate of drug-likeness (QED) is 0.932. The first-order valence-corrected chi connectivity index (χ1v) is 7.37. The summed E-state index contributed by atoms with van der Waals surface area (Å²) in [4.78, 5) is 16.1. The zero-order valence-electron chi connectivity index (χ0n) is 11.4. The van der Waals surface area contributed by atoms with Gasteiger partial charge in [0.05, 0.1) is 16.5 Å². The number of benzene rings is 1. The Labute approximate surface area is 137 Å². The average Bonchev–Trinajstić information content (AvgIpc) is 2.49. The Kier molecular flexibility index (Phi) is 4.36. The Morgan fingerprint density at radius 2 is 2.05 bits per heavy atom. The molecule has 1 N–H and O–H groups in total. The molecular weight excluding hydrogens is 327 g/mol. The van der Waals surface area contributed by atoms with Crippen LogP contribution in [-0.4, -0.2) is 24.1 Å². The number of anilines is 1. The highest BCUT2D eigenvalue weighted by molar-refractivity contribution is 6.32. The molecule has 7 heteroatoms. The predicted molar refractivity (Wildman–Crippen MR) is 84.0 cm³/mol. The van der Waals surface area contributed by atoms with Crippen LogP contribution in [0.3, 0.4) is 0 Å². The largest absolute Gasteiger partial charge is 0.486 e. The normalized spacial score (nSPS) is 12.8. The van der Waals surface area contributed by atoms with Crippen LogP contribution in [0.15, 0.2) is 30.5 Å². The third-order valence-corrected chi connectivity index (χ3v) is 3.52. The van der Waals surface area contributed by atoms with E-state index in [0.717, 1.165) is 5.56 Å². The van der Waals surface area contributed by atoms with E-state index < -0.39 is 0 Å². The van der Waals surface area contributed by atoms with Crippen molar-refractivity contribution in [3.05, 3.63) is 46.1 Å². The number of amides is 1. The summed E-state index contributed by atoms with van der Waals surface area (Å²) >= 11 is 11.9. The zero-order valence-corrected chi connectivity index (χ0v) is 12.9. The molecule has 0 fully saturated rings. The molecule has 0 spiro atoms. The summed E-state index contributed by atoms with van der Waals surface area (Å²) in [6.07, 6.45) is 1.62. The molecule has 2 heterocycles. The maximum Gasteiger partial charge on any atom is 0.229 e. The number of halogens is 2. The third kappa shape index (κ3) is 3.43. The highest BCUT2D eigenvalue weighted by Gasteiger charge is 2.17. The molecule has 3 rings (SSSR count). The Morgan fingerprint density at radius 1 is 1.23 bits per heavy atom. The van der Waals surface area contributed by atoms with Crippen LogP contribution >= 0.6 is 23.2 Å². The maximum absolute atomic E-state index is 12.0. The number of nitrogens with one attached hydrogen (secondary N) is 1. The van der Waals surface area contributed by atoms with Gasteiger partial charge in [0.2, 0.25) is 5.91 Å². The van der Waals surface area contributed by atoms with Crippen molar-refractivity contribution in [2.45, 2.75) is 6.42 Å². The number of carbonyl (C=O) groups is 1. The van der Waals surface area contributed by atoms with Crippen LogP contribution in [0, 0.1) is 0 Å². The second-order valence-electron chi connectivity index (χ2n) is 4.69. The number of nitrogens with zero attached hydrogens (tertiary/aromatic N) is 1. The molecule has 0 aliphatic carbocycles. The summed E-state index contributed by atoms with van der Waals surface area (Å²) in [6.45, 7) is 0.933. The van der Waals surface area contributed by atoms with Crippen molar-refractivity contribution in [2.24, 2.45) is 0 Å². The van der Waals surface area contributed by atoms with Gasteiger partial charge in [-0.25, -0.2) is 4.98 Å². The first kappa shape index (κ1) is 14.9. The summed E-state index contributed by atoms with van der Waals surface area (Å²) in [5.41, 5.74) is 0.737. The van der Waals surface area contributed by atoms with E-state index in [4.69, 9.17) is 32.7 Å². The molecule has 2 aromatic rings. The molecule has 1 aliphatic heterocycles. The molecule has 0 atom stereocenters. The Hall–Kier alpha value is -1.98. The topological polar surface area (TPSA) is 60.5 Å². The summed E-state index contributed by atoms with van der Waals surface area (Å²) in [7, 11) is 0. The van der Waals surface area contributed by atoms with Gasteiger partial charge in [0, 0.05) is 6.20 Å². The van der Waals surface area contributed by atoms with E-state index in [1.807, 2.05) is 0 Å². The van der Waals surface area contributed by atoms with E-state index in [0.29, 0.717) is 40.6 Å². The van der Waals surface area contributed by atoms with Crippen LogP contribution in [0.5, 0.6) is 11.5 Å². The molecule has 1 aliphatic rings. The predicted octanol–water partition coefficient (Wildman–Crippen LogP) is 3.34. The summed E-state index contributed by atoms with van der Waals surface area (Å²) in [5, 5.41) is 3.64. The number of ether oxygens (including phenoxy) is 2. The summed E-state index contributed by atoms with van der Waals surface area (Å²) in [5.74, 6) is 1.32. The van der Waals surface area contributed by atoms with Crippen LogP contribution in [0.1, 0.15) is 5.56 Å². The van der Waals surface area contributed by atoms with Crippen LogP contribution in [0.25, 0.3) is 0 Å². The first-order valence-electron chi connectivity index (χ1n) is 6.61. The van der Waals surface area contributed by atoms with Gasteiger partial charge >= 0.3 is 0 Å². The second-order valence-corrected chi connectivity index (χ2v) is 5.53. The molecule has 1 aromatic carbocycles. The maximum atomic E-state index is 12.0. The number of carbonyl (C=O) groups excluding carboxylic acids is 1. The van der Waals surface area contributed by atoms with Gasteiger partial charge in [0.25, 0.3) is 0 Å². The van der Waals surface area contributed by atoms with Gasteiger partial charge < -0.3 is 14.8 Å². The molecular formula is C15H12Cl2N2O3. The Bertz CT molecular complexity index is 705. The molecule has 0 saturated carbocycles. The van der Waals surface area contributed by atoms with Crippen LogP contribution in [-0.2, 0) is 11.2 Å². The van der Waals surface area contributed by atoms with Crippen molar-refractivity contribution in [1.29, 1.82) is 0 Å². The molecule has 1 aromatic heterocycles. The Balaban J connectivity index is 1.71. The van der Waals surface area contributed by atoms with Gasteiger partial charge in [-0.05, 0) is 29.8 Å². The minimum absolute atomic E-state index is 0.153. The van der Waals surface area contributed by atoms with Crippen LogP contribution in [0.4, 0.5) is 5.82 Å². The average molecular weight is 339 g/mol. The molecule has 114 valence electrons. The number of hydrogen-bond acceptors (Lipinski definition) is 4. The second kappa shape index (κ2) is 6.42. The monoisotopic (exact) mass is 338 g/mol. The van der Waals surface area contributed by atoms with Crippen molar-refractivity contribution in [2.75, 3.05) is 18.5 Å². The van der Waals surface area contributed by atoms with E-state index >= 15 is 0 Å². The van der Waals surface area contributed by atoms with E-state index in [2.05, 4.69) is 10.3 Å². The fourth-order valence-corrected chi connectivity index (χ4v) is 2.49.